The van der Waals surface area contributed by atoms with E-state index in [2.05, 4.69) is 33.3 Å². The molecule has 0 saturated heterocycles. The summed E-state index contributed by atoms with van der Waals surface area (Å²) in [6.07, 6.45) is 0. The summed E-state index contributed by atoms with van der Waals surface area (Å²) < 4.78 is 0. The second-order valence-corrected chi connectivity index (χ2v) is 1.44. The Morgan fingerprint density at radius 3 is 2.14 bits per heavy atom. The molecule has 0 aliphatic rings. The van der Waals surface area contributed by atoms with Gasteiger partial charge in [-0.05, 0) is 0 Å². The molecule has 0 atom stereocenters. The Morgan fingerprint density at radius 2 is 2.14 bits per heavy atom. The largest absolute Gasteiger partial charge is 1.00 e. The van der Waals surface area contributed by atoms with E-state index in [1.54, 1.807) is 0 Å². The summed E-state index contributed by atoms with van der Waals surface area (Å²) in [5.74, 6) is 2.71. The fraction of sp³-hybridized carbons (Fsp3) is 0.200. The summed E-state index contributed by atoms with van der Waals surface area (Å²) in [6.45, 7) is 5.42. The summed E-state index contributed by atoms with van der Waals surface area (Å²) in [7, 11) is 0. The van der Waals surface area contributed by atoms with Gasteiger partial charge in [-0.1, -0.05) is 0 Å². The Bertz CT molecular complexity index is 107. The molecule has 0 spiro atoms. The molecule has 32 valence electrons. The molecular formula is C5H5LiSe. The van der Waals surface area contributed by atoms with Crippen LogP contribution in [0.5, 0.6) is 0 Å². The minimum atomic E-state index is 0. The third-order valence-corrected chi connectivity index (χ3v) is 0.479. The second kappa shape index (κ2) is 6.42. The maximum atomic E-state index is 3.55. The maximum absolute atomic E-state index is 3.55. The molecule has 0 aromatic carbocycles. The van der Waals surface area contributed by atoms with E-state index in [4.69, 9.17) is 0 Å². The van der Waals surface area contributed by atoms with Crippen LogP contribution in [-0.2, 0) is 0 Å². The van der Waals surface area contributed by atoms with Crippen molar-refractivity contribution in [2.75, 3.05) is 0 Å². The first kappa shape index (κ1) is 10.4. The van der Waals surface area contributed by atoms with E-state index < -0.39 is 0 Å². The Kier molecular flexibility index (Phi) is 9.54. The van der Waals surface area contributed by atoms with E-state index >= 15 is 0 Å². The molecule has 0 saturated carbocycles. The zero-order chi connectivity index (χ0) is 4.99. The monoisotopic (exact) mass is 152 g/mol. The molecule has 0 aliphatic carbocycles. The van der Waals surface area contributed by atoms with Crippen LogP contribution in [0.2, 0.25) is 0 Å². The van der Waals surface area contributed by atoms with Gasteiger partial charge in [-0.2, -0.15) is 0 Å². The first-order valence-electron chi connectivity index (χ1n) is 1.56. The van der Waals surface area contributed by atoms with Crippen molar-refractivity contribution >= 4 is 16.0 Å². The van der Waals surface area contributed by atoms with Gasteiger partial charge in [-0.3, -0.25) is 0 Å². The Labute approximate surface area is 64.7 Å². The third kappa shape index (κ3) is 10.7. The average molecular weight is 151 g/mol. The van der Waals surface area contributed by atoms with E-state index in [9.17, 15) is 0 Å². The quantitative estimate of drug-likeness (QED) is 0.269. The zero-order valence-corrected chi connectivity index (χ0v) is 6.33. The van der Waals surface area contributed by atoms with Crippen LogP contribution < -0.4 is 18.9 Å². The van der Waals surface area contributed by atoms with Crippen molar-refractivity contribution in [3.8, 4) is 10.7 Å². The number of allylic oxidation sites excluding steroid dienone is 1. The Balaban J connectivity index is 0. The average Bonchev–Trinajstić information content (AvgIpc) is 1.35. The van der Waals surface area contributed by atoms with E-state index in [0.29, 0.717) is 0 Å². The maximum Gasteiger partial charge on any atom is 1.00 e. The molecule has 0 aromatic heterocycles. The first-order chi connectivity index (χ1) is 2.77. The molecule has 0 nitrogen and oxygen atoms in total. The van der Waals surface area contributed by atoms with Crippen molar-refractivity contribution in [1.82, 2.24) is 0 Å². The summed E-state index contributed by atoms with van der Waals surface area (Å²) in [5, 5.41) is 0. The molecule has 0 rings (SSSR count). The van der Waals surface area contributed by atoms with Gasteiger partial charge in [0.25, 0.3) is 0 Å². The minimum Gasteiger partial charge on any atom is 1.00 e. The summed E-state index contributed by atoms with van der Waals surface area (Å²) in [5.41, 5.74) is 0.897. The van der Waals surface area contributed by atoms with Crippen LogP contribution in [0.3, 0.4) is 0 Å². The summed E-state index contributed by atoms with van der Waals surface area (Å²) >= 11 is 2.55. The van der Waals surface area contributed by atoms with Gasteiger partial charge < -0.3 is 0 Å². The van der Waals surface area contributed by atoms with Gasteiger partial charge in [-0.15, -0.1) is 0 Å². The van der Waals surface area contributed by atoms with Crippen molar-refractivity contribution in [2.24, 2.45) is 0 Å². The van der Waals surface area contributed by atoms with E-state index in [-0.39, 0.29) is 18.9 Å². The zero-order valence-electron chi connectivity index (χ0n) is 4.62. The number of hydrogen-bond donors (Lipinski definition) is 0. The molecule has 0 fully saturated rings. The van der Waals surface area contributed by atoms with Gasteiger partial charge in [0.05, 0.1) is 0 Å². The molecule has 0 heterocycles. The van der Waals surface area contributed by atoms with E-state index in [0.717, 1.165) is 5.57 Å². The SMILES string of the molecule is C=C(C)C#C[Se-].[Li+]. The first-order valence-corrected chi connectivity index (χ1v) is 2.41. The van der Waals surface area contributed by atoms with Crippen molar-refractivity contribution in [3.63, 3.8) is 0 Å². The molecule has 0 unspecified atom stereocenters. The van der Waals surface area contributed by atoms with Crippen LogP contribution in [0.15, 0.2) is 12.2 Å². The van der Waals surface area contributed by atoms with Gasteiger partial charge in [0.2, 0.25) is 0 Å². The van der Waals surface area contributed by atoms with Crippen LogP contribution in [0, 0.1) is 10.7 Å². The predicted octanol–water partition coefficient (Wildman–Crippen LogP) is -2.30. The normalized spacial score (nSPS) is 4.71. The molecule has 2 heteroatoms. The second-order valence-electron chi connectivity index (χ2n) is 1.01. The molecule has 0 N–H and O–H groups in total. The van der Waals surface area contributed by atoms with Gasteiger partial charge in [-0.25, -0.2) is 0 Å². The van der Waals surface area contributed by atoms with Crippen LogP contribution in [0.1, 0.15) is 6.92 Å². The Morgan fingerprint density at radius 1 is 1.71 bits per heavy atom. The summed E-state index contributed by atoms with van der Waals surface area (Å²) in [4.78, 5) is 2.59. The topological polar surface area (TPSA) is 0 Å². The molecule has 7 heavy (non-hydrogen) atoms. The molecule has 0 bridgehead atoms. The van der Waals surface area contributed by atoms with Crippen molar-refractivity contribution in [1.29, 1.82) is 0 Å². The van der Waals surface area contributed by atoms with Gasteiger partial charge in [0.1, 0.15) is 0 Å². The van der Waals surface area contributed by atoms with Gasteiger partial charge in [0.15, 0.2) is 0 Å². The van der Waals surface area contributed by atoms with Crippen molar-refractivity contribution in [3.05, 3.63) is 12.2 Å². The molecule has 0 radical (unpaired) electrons. The standard InChI is InChI=1S/C5H6Se.Li/c1-5(2)3-4-6;/h6H,1H2,2H3;/q;+1/p-1. The molecule has 0 aliphatic heterocycles. The van der Waals surface area contributed by atoms with Crippen molar-refractivity contribution in [2.45, 2.75) is 6.92 Å². The number of hydrogen-bond acceptors (Lipinski definition) is 0. The number of rotatable bonds is 0. The van der Waals surface area contributed by atoms with Crippen LogP contribution in [0.4, 0.5) is 0 Å². The molecule has 0 amide bonds. The van der Waals surface area contributed by atoms with Crippen LogP contribution in [0.25, 0.3) is 0 Å². The van der Waals surface area contributed by atoms with Crippen LogP contribution >= 0.6 is 0 Å². The molecular weight excluding hydrogens is 146 g/mol. The fourth-order valence-electron chi connectivity index (χ4n) is 0.0871. The smallest absolute Gasteiger partial charge is 1.00 e. The van der Waals surface area contributed by atoms with E-state index in [1.807, 2.05) is 6.92 Å². The third-order valence-electron chi connectivity index (χ3n) is 0.264. The van der Waals surface area contributed by atoms with Gasteiger partial charge >= 0.3 is 64.7 Å². The van der Waals surface area contributed by atoms with Crippen LogP contribution in [-0.4, -0.2) is 16.0 Å². The van der Waals surface area contributed by atoms with Crippen molar-refractivity contribution < 1.29 is 18.9 Å². The predicted molar refractivity (Wildman–Crippen MR) is 28.3 cm³/mol. The summed E-state index contributed by atoms with van der Waals surface area (Å²) in [6, 6.07) is 0. The van der Waals surface area contributed by atoms with Gasteiger partial charge in [0, 0.05) is 0 Å². The minimum absolute atomic E-state index is 0. The Hall–Kier alpha value is 0.417. The molecule has 0 aromatic rings. The fourth-order valence-corrected chi connectivity index (χ4v) is 0.453. The van der Waals surface area contributed by atoms with E-state index in [1.165, 1.54) is 0 Å².